The van der Waals surface area contributed by atoms with E-state index >= 15 is 0 Å². The number of unbranched alkanes of at least 4 members (excludes halogenated alkanes) is 11. The van der Waals surface area contributed by atoms with E-state index in [4.69, 9.17) is 9.47 Å². The minimum absolute atomic E-state index is 0.247. The van der Waals surface area contributed by atoms with E-state index in [-0.39, 0.29) is 18.3 Å². The van der Waals surface area contributed by atoms with Gasteiger partial charge in [0.1, 0.15) is 0 Å². The van der Waals surface area contributed by atoms with E-state index < -0.39 is 0 Å². The van der Waals surface area contributed by atoms with Gasteiger partial charge in [-0.15, -0.1) is 0 Å². The van der Waals surface area contributed by atoms with Crippen molar-refractivity contribution in [2.75, 3.05) is 18.1 Å². The summed E-state index contributed by atoms with van der Waals surface area (Å²) in [6.45, 7) is 11.9. The van der Waals surface area contributed by atoms with Crippen LogP contribution in [0.5, 0.6) is 0 Å². The van der Waals surface area contributed by atoms with Crippen molar-refractivity contribution >= 4 is 21.6 Å². The molecule has 0 aliphatic rings. The van der Waals surface area contributed by atoms with Gasteiger partial charge in [0.05, 0.1) is 24.9 Å². The van der Waals surface area contributed by atoms with Gasteiger partial charge in [-0.2, -0.15) is 0 Å². The molecule has 0 aliphatic carbocycles. The molecule has 0 heterocycles. The van der Waals surface area contributed by atoms with E-state index in [0.29, 0.717) is 0 Å². The van der Waals surface area contributed by atoms with Crippen LogP contribution in [0.1, 0.15) is 131 Å². The Morgan fingerprint density at radius 1 is 0.600 bits per heavy atom. The summed E-state index contributed by atoms with van der Waals surface area (Å²) in [6.07, 6.45) is 21.0. The Bertz CT molecular complexity index is 326. The lowest BCUT2D eigenvalue weighted by atomic mass is 10.0. The van der Waals surface area contributed by atoms with Crippen LogP contribution in [0, 0.1) is 0 Å². The highest BCUT2D eigenvalue weighted by atomic mass is 33.1. The lowest BCUT2D eigenvalue weighted by Crippen LogP contribution is -2.34. The Labute approximate surface area is 198 Å². The Morgan fingerprint density at radius 3 is 1.70 bits per heavy atom. The third-order valence-corrected chi connectivity index (χ3v) is 7.97. The Kier molecular flexibility index (Phi) is 24.8. The average molecular weight is 463 g/mol. The van der Waals surface area contributed by atoms with E-state index in [1.807, 2.05) is 21.6 Å². The van der Waals surface area contributed by atoms with Crippen molar-refractivity contribution in [3.8, 4) is 0 Å². The Hall–Kier alpha value is 0.620. The topological polar surface area (TPSA) is 18.5 Å². The molecule has 0 fully saturated rings. The molecule has 0 rings (SSSR count). The Morgan fingerprint density at radius 2 is 1.13 bits per heavy atom. The molecule has 0 N–H and O–H groups in total. The second-order valence-corrected chi connectivity index (χ2v) is 11.6. The van der Waals surface area contributed by atoms with Gasteiger partial charge in [-0.25, -0.2) is 0 Å². The summed E-state index contributed by atoms with van der Waals surface area (Å²) in [6, 6.07) is 0. The molecule has 0 aromatic carbocycles. The van der Waals surface area contributed by atoms with Crippen molar-refractivity contribution in [3.63, 3.8) is 0 Å². The maximum Gasteiger partial charge on any atom is 0.0840 e. The van der Waals surface area contributed by atoms with Crippen LogP contribution >= 0.6 is 21.6 Å². The van der Waals surface area contributed by atoms with E-state index in [1.165, 1.54) is 89.2 Å². The first-order chi connectivity index (χ1) is 14.7. The monoisotopic (exact) mass is 462 g/mol. The molecular weight excluding hydrogens is 408 g/mol. The highest BCUT2D eigenvalue weighted by Crippen LogP contribution is 2.24. The van der Waals surface area contributed by atoms with E-state index in [9.17, 15) is 0 Å². The summed E-state index contributed by atoms with van der Waals surface area (Å²) in [7, 11) is 4.01. The van der Waals surface area contributed by atoms with E-state index in [2.05, 4.69) is 34.6 Å². The van der Waals surface area contributed by atoms with Crippen LogP contribution in [0.3, 0.4) is 0 Å². The van der Waals surface area contributed by atoms with Gasteiger partial charge in [0.25, 0.3) is 0 Å². The second-order valence-electron chi connectivity index (χ2n) is 8.86. The fourth-order valence-corrected chi connectivity index (χ4v) is 5.76. The molecule has 0 bridgehead atoms. The van der Waals surface area contributed by atoms with Gasteiger partial charge in [0.15, 0.2) is 0 Å². The zero-order valence-corrected chi connectivity index (χ0v) is 22.7. The first kappa shape index (κ1) is 30.6. The maximum atomic E-state index is 6.23. The van der Waals surface area contributed by atoms with Gasteiger partial charge in [0, 0.05) is 11.5 Å². The van der Waals surface area contributed by atoms with Crippen molar-refractivity contribution in [3.05, 3.63) is 0 Å². The van der Waals surface area contributed by atoms with E-state index in [1.54, 1.807) is 0 Å². The number of hydrogen-bond acceptors (Lipinski definition) is 4. The molecule has 0 saturated heterocycles. The molecular formula is C26H54O2S2. The van der Waals surface area contributed by atoms with Gasteiger partial charge in [-0.05, 0) is 33.1 Å². The summed E-state index contributed by atoms with van der Waals surface area (Å²) < 4.78 is 12.4. The second kappa shape index (κ2) is 24.3. The third-order valence-electron chi connectivity index (χ3n) is 5.52. The molecule has 0 radical (unpaired) electrons. The highest BCUT2D eigenvalue weighted by molar-refractivity contribution is 8.76. The van der Waals surface area contributed by atoms with Gasteiger partial charge < -0.3 is 9.47 Å². The van der Waals surface area contributed by atoms with Crippen LogP contribution in [0.25, 0.3) is 0 Å². The minimum atomic E-state index is 0.247. The molecule has 0 aliphatic heterocycles. The number of ether oxygens (including phenoxy) is 2. The standard InChI is InChI=1S/C26H54O2S2/c1-6-9-11-12-13-14-15-16-17-19-22-29-30-23-21-27-25(8-3)26(28-24(4)5)20-18-10-7-2/h24-26H,6-23H2,1-5H3. The van der Waals surface area contributed by atoms with Crippen LogP contribution in [-0.2, 0) is 9.47 Å². The van der Waals surface area contributed by atoms with Gasteiger partial charge >= 0.3 is 0 Å². The van der Waals surface area contributed by atoms with E-state index in [0.717, 1.165) is 25.2 Å². The molecule has 2 unspecified atom stereocenters. The summed E-state index contributed by atoms with van der Waals surface area (Å²) in [5.41, 5.74) is 0. The fourth-order valence-electron chi connectivity index (χ4n) is 3.77. The quantitative estimate of drug-likeness (QED) is 0.105. The van der Waals surface area contributed by atoms with Crippen LogP contribution < -0.4 is 0 Å². The summed E-state index contributed by atoms with van der Waals surface area (Å²) in [5.74, 6) is 2.37. The first-order valence-corrected chi connectivity index (χ1v) is 15.7. The lowest BCUT2D eigenvalue weighted by molar-refractivity contribution is -0.0949. The lowest BCUT2D eigenvalue weighted by Gasteiger charge is -2.28. The van der Waals surface area contributed by atoms with Crippen molar-refractivity contribution in [2.45, 2.75) is 149 Å². The highest BCUT2D eigenvalue weighted by Gasteiger charge is 2.22. The van der Waals surface area contributed by atoms with Crippen molar-refractivity contribution in [2.24, 2.45) is 0 Å². The summed E-state index contributed by atoms with van der Waals surface area (Å²) in [5, 5.41) is 0. The number of rotatable bonds is 24. The van der Waals surface area contributed by atoms with Gasteiger partial charge in [0.2, 0.25) is 0 Å². The molecule has 0 saturated carbocycles. The smallest absolute Gasteiger partial charge is 0.0840 e. The van der Waals surface area contributed by atoms with Gasteiger partial charge in [-0.1, -0.05) is 119 Å². The van der Waals surface area contributed by atoms with Crippen LogP contribution in [0.2, 0.25) is 0 Å². The summed E-state index contributed by atoms with van der Waals surface area (Å²) >= 11 is 0. The molecule has 182 valence electrons. The molecule has 30 heavy (non-hydrogen) atoms. The Balaban J connectivity index is 3.62. The van der Waals surface area contributed by atoms with Crippen LogP contribution in [0.4, 0.5) is 0 Å². The average Bonchev–Trinajstić information content (AvgIpc) is 2.73. The van der Waals surface area contributed by atoms with Gasteiger partial charge in [-0.3, -0.25) is 0 Å². The zero-order valence-electron chi connectivity index (χ0n) is 21.1. The van der Waals surface area contributed by atoms with Crippen molar-refractivity contribution < 1.29 is 9.47 Å². The van der Waals surface area contributed by atoms with Crippen LogP contribution in [-0.4, -0.2) is 36.4 Å². The van der Waals surface area contributed by atoms with Crippen molar-refractivity contribution in [1.82, 2.24) is 0 Å². The predicted octanol–water partition coefficient (Wildman–Crippen LogP) is 9.46. The zero-order chi connectivity index (χ0) is 22.3. The molecule has 0 spiro atoms. The van der Waals surface area contributed by atoms with Crippen molar-refractivity contribution in [1.29, 1.82) is 0 Å². The predicted molar refractivity (Wildman–Crippen MR) is 141 cm³/mol. The SMILES string of the molecule is CCCCCCCCCCCCSSCCOC(CC)C(CCCCC)OC(C)C. The summed E-state index contributed by atoms with van der Waals surface area (Å²) in [4.78, 5) is 0. The molecule has 2 atom stereocenters. The fraction of sp³-hybridized carbons (Fsp3) is 1.00. The maximum absolute atomic E-state index is 6.23. The minimum Gasteiger partial charge on any atom is -0.375 e. The normalized spacial score (nSPS) is 13.8. The molecule has 0 amide bonds. The number of hydrogen-bond donors (Lipinski definition) is 0. The molecule has 0 aromatic rings. The molecule has 0 aromatic heterocycles. The molecule has 4 heteroatoms. The first-order valence-electron chi connectivity index (χ1n) is 13.2. The third kappa shape index (κ3) is 20.5. The van der Waals surface area contributed by atoms with Crippen LogP contribution in [0.15, 0.2) is 0 Å². The molecule has 2 nitrogen and oxygen atoms in total. The largest absolute Gasteiger partial charge is 0.375 e.